The smallest absolute Gasteiger partial charge is 0.269 e. The summed E-state index contributed by atoms with van der Waals surface area (Å²) in [5.74, 6) is 0. The Kier molecular flexibility index (Phi) is 5.37. The molecule has 0 aliphatic carbocycles. The predicted octanol–water partition coefficient (Wildman–Crippen LogP) is 3.73. The molecule has 0 spiro atoms. The summed E-state index contributed by atoms with van der Waals surface area (Å²) in [6, 6.07) is 12.7. The van der Waals surface area contributed by atoms with Crippen molar-refractivity contribution in [3.05, 3.63) is 63.7 Å². The second-order valence-corrected chi connectivity index (χ2v) is 6.81. The van der Waals surface area contributed by atoms with E-state index in [-0.39, 0.29) is 5.69 Å². The van der Waals surface area contributed by atoms with Gasteiger partial charge in [-0.05, 0) is 55.4 Å². The number of nitrogens with one attached hydrogen (secondary N) is 1. The zero-order valence-electron chi connectivity index (χ0n) is 14.9. The van der Waals surface area contributed by atoms with Gasteiger partial charge in [0.1, 0.15) is 0 Å². The molecule has 136 valence electrons. The molecule has 1 saturated heterocycles. The fourth-order valence-electron chi connectivity index (χ4n) is 3.10. The minimum atomic E-state index is -0.408. The van der Waals surface area contributed by atoms with E-state index in [4.69, 9.17) is 12.2 Å². The van der Waals surface area contributed by atoms with Gasteiger partial charge in [-0.15, -0.1) is 0 Å². The Bertz CT molecular complexity index is 815. The molecule has 0 saturated carbocycles. The number of benzene rings is 2. The van der Waals surface area contributed by atoms with Crippen LogP contribution in [0.3, 0.4) is 0 Å². The number of piperazine rings is 1. The van der Waals surface area contributed by atoms with Crippen molar-refractivity contribution >= 4 is 34.4 Å². The number of anilines is 2. The van der Waals surface area contributed by atoms with Gasteiger partial charge < -0.3 is 15.1 Å². The molecular weight excluding hydrogens is 348 g/mol. The Morgan fingerprint density at radius 3 is 2.35 bits per heavy atom. The summed E-state index contributed by atoms with van der Waals surface area (Å²) in [7, 11) is 0. The number of thiocarbonyl (C=S) groups is 1. The van der Waals surface area contributed by atoms with Gasteiger partial charge in [-0.1, -0.05) is 12.1 Å². The van der Waals surface area contributed by atoms with Crippen molar-refractivity contribution in [2.24, 2.45) is 0 Å². The Balaban J connectivity index is 1.58. The summed E-state index contributed by atoms with van der Waals surface area (Å²) in [4.78, 5) is 14.8. The Hall–Kier alpha value is -2.67. The summed E-state index contributed by atoms with van der Waals surface area (Å²) in [6.45, 7) is 7.80. The van der Waals surface area contributed by atoms with Crippen LogP contribution in [0.1, 0.15) is 11.1 Å². The first-order valence-corrected chi connectivity index (χ1v) is 8.98. The van der Waals surface area contributed by atoms with Crippen LogP contribution in [0.25, 0.3) is 0 Å². The summed E-state index contributed by atoms with van der Waals surface area (Å²) in [6.07, 6.45) is 0. The summed E-state index contributed by atoms with van der Waals surface area (Å²) < 4.78 is 0. The molecule has 0 radical (unpaired) electrons. The number of non-ortho nitro benzene ring substituents is 1. The first kappa shape index (κ1) is 18.1. The standard InChI is InChI=1S/C19H22N4O2S/c1-14-4-3-5-18(15(14)2)21-10-12-22(13-11-21)19(26)20-16-6-8-17(9-7-16)23(24)25/h3-9H,10-13H2,1-2H3,(H,20,26). The second-order valence-electron chi connectivity index (χ2n) is 6.43. The highest BCUT2D eigenvalue weighted by molar-refractivity contribution is 7.80. The monoisotopic (exact) mass is 370 g/mol. The molecule has 6 nitrogen and oxygen atoms in total. The summed E-state index contributed by atoms with van der Waals surface area (Å²) in [5, 5.41) is 14.5. The third kappa shape index (κ3) is 3.94. The number of aryl methyl sites for hydroxylation is 1. The average Bonchev–Trinajstić information content (AvgIpc) is 2.64. The van der Waals surface area contributed by atoms with E-state index >= 15 is 0 Å². The van der Waals surface area contributed by atoms with E-state index in [1.54, 1.807) is 12.1 Å². The first-order valence-electron chi connectivity index (χ1n) is 8.57. The molecule has 1 N–H and O–H groups in total. The maximum Gasteiger partial charge on any atom is 0.269 e. The number of nitrogens with zero attached hydrogens (tertiary/aromatic N) is 3. The molecule has 1 fully saturated rings. The van der Waals surface area contributed by atoms with Gasteiger partial charge in [0, 0.05) is 49.7 Å². The van der Waals surface area contributed by atoms with Gasteiger partial charge in [0.15, 0.2) is 5.11 Å². The van der Waals surface area contributed by atoms with Gasteiger partial charge in [-0.3, -0.25) is 10.1 Å². The van der Waals surface area contributed by atoms with Crippen LogP contribution in [0.15, 0.2) is 42.5 Å². The Morgan fingerprint density at radius 1 is 1.08 bits per heavy atom. The lowest BCUT2D eigenvalue weighted by Gasteiger charge is -2.38. The second kappa shape index (κ2) is 7.70. The normalized spacial score (nSPS) is 14.2. The number of nitro groups is 1. The molecular formula is C19H22N4O2S. The fraction of sp³-hybridized carbons (Fsp3) is 0.316. The van der Waals surface area contributed by atoms with Crippen molar-refractivity contribution in [3.63, 3.8) is 0 Å². The molecule has 0 bridgehead atoms. The van der Waals surface area contributed by atoms with Gasteiger partial charge >= 0.3 is 0 Å². The van der Waals surface area contributed by atoms with E-state index in [0.29, 0.717) is 5.11 Å². The minimum Gasteiger partial charge on any atom is -0.368 e. The third-order valence-electron chi connectivity index (χ3n) is 4.81. The van der Waals surface area contributed by atoms with Crippen LogP contribution in [0.4, 0.5) is 17.1 Å². The van der Waals surface area contributed by atoms with Crippen LogP contribution in [0, 0.1) is 24.0 Å². The number of hydrogen-bond acceptors (Lipinski definition) is 4. The Labute approximate surface area is 158 Å². The predicted molar refractivity (Wildman–Crippen MR) is 109 cm³/mol. The molecule has 7 heteroatoms. The van der Waals surface area contributed by atoms with Crippen molar-refractivity contribution in [1.82, 2.24) is 4.90 Å². The molecule has 0 unspecified atom stereocenters. The summed E-state index contributed by atoms with van der Waals surface area (Å²) in [5.41, 5.74) is 4.76. The molecule has 0 atom stereocenters. The Morgan fingerprint density at radius 2 is 1.73 bits per heavy atom. The highest BCUT2D eigenvalue weighted by atomic mass is 32.1. The van der Waals surface area contributed by atoms with Crippen molar-refractivity contribution < 1.29 is 4.92 Å². The maximum absolute atomic E-state index is 10.7. The average molecular weight is 370 g/mol. The lowest BCUT2D eigenvalue weighted by molar-refractivity contribution is -0.384. The molecule has 1 heterocycles. The van der Waals surface area contributed by atoms with Gasteiger partial charge in [-0.2, -0.15) is 0 Å². The molecule has 0 aromatic heterocycles. The van der Waals surface area contributed by atoms with Crippen LogP contribution < -0.4 is 10.2 Å². The molecule has 1 aliphatic rings. The van der Waals surface area contributed by atoms with E-state index in [1.165, 1.54) is 28.9 Å². The number of nitro benzene ring substituents is 1. The molecule has 26 heavy (non-hydrogen) atoms. The minimum absolute atomic E-state index is 0.0728. The third-order valence-corrected chi connectivity index (χ3v) is 5.17. The van der Waals surface area contributed by atoms with Gasteiger partial charge in [0.05, 0.1) is 4.92 Å². The van der Waals surface area contributed by atoms with Crippen LogP contribution in [0.2, 0.25) is 0 Å². The van der Waals surface area contributed by atoms with Crippen molar-refractivity contribution in [2.45, 2.75) is 13.8 Å². The molecule has 2 aromatic carbocycles. The largest absolute Gasteiger partial charge is 0.368 e. The highest BCUT2D eigenvalue weighted by Gasteiger charge is 2.20. The van der Waals surface area contributed by atoms with Crippen LogP contribution >= 0.6 is 12.2 Å². The van der Waals surface area contributed by atoms with Crippen molar-refractivity contribution in [3.8, 4) is 0 Å². The molecule has 0 amide bonds. The van der Waals surface area contributed by atoms with E-state index in [9.17, 15) is 10.1 Å². The van der Waals surface area contributed by atoms with Gasteiger partial charge in [-0.25, -0.2) is 0 Å². The van der Waals surface area contributed by atoms with E-state index < -0.39 is 4.92 Å². The quantitative estimate of drug-likeness (QED) is 0.505. The van der Waals surface area contributed by atoms with Crippen molar-refractivity contribution in [2.75, 3.05) is 36.4 Å². The lowest BCUT2D eigenvalue weighted by atomic mass is 10.1. The first-order chi connectivity index (χ1) is 12.5. The van der Waals surface area contributed by atoms with E-state index in [2.05, 4.69) is 47.2 Å². The van der Waals surface area contributed by atoms with Gasteiger partial charge in [0.2, 0.25) is 0 Å². The van der Waals surface area contributed by atoms with Crippen LogP contribution in [-0.2, 0) is 0 Å². The molecule has 2 aromatic rings. The SMILES string of the molecule is Cc1cccc(N2CCN(C(=S)Nc3ccc([N+](=O)[O-])cc3)CC2)c1C. The van der Waals surface area contributed by atoms with E-state index in [1.807, 2.05) is 0 Å². The molecule has 3 rings (SSSR count). The van der Waals surface area contributed by atoms with Crippen molar-refractivity contribution in [1.29, 1.82) is 0 Å². The number of rotatable bonds is 3. The fourth-order valence-corrected chi connectivity index (χ4v) is 3.40. The van der Waals surface area contributed by atoms with E-state index in [0.717, 1.165) is 31.9 Å². The zero-order chi connectivity index (χ0) is 18.7. The van der Waals surface area contributed by atoms with Crippen LogP contribution in [-0.4, -0.2) is 41.1 Å². The summed E-state index contributed by atoms with van der Waals surface area (Å²) >= 11 is 5.50. The topological polar surface area (TPSA) is 61.6 Å². The maximum atomic E-state index is 10.7. The highest BCUT2D eigenvalue weighted by Crippen LogP contribution is 2.24. The molecule has 1 aliphatic heterocycles. The van der Waals surface area contributed by atoms with Gasteiger partial charge in [0.25, 0.3) is 5.69 Å². The van der Waals surface area contributed by atoms with Crippen LogP contribution in [0.5, 0.6) is 0 Å². The lowest BCUT2D eigenvalue weighted by Crippen LogP contribution is -2.50. The number of hydrogen-bond donors (Lipinski definition) is 1. The zero-order valence-corrected chi connectivity index (χ0v) is 15.8.